The maximum Gasteiger partial charge on any atom is 0.553 e. The number of benzene rings is 1. The molecule has 19 heavy (non-hydrogen) atoms. The van der Waals surface area contributed by atoms with Gasteiger partial charge in [-0.2, -0.15) is 9.63 Å². The van der Waals surface area contributed by atoms with Crippen molar-refractivity contribution in [2.45, 2.75) is 6.54 Å². The van der Waals surface area contributed by atoms with Crippen LogP contribution in [0, 0.1) is 5.21 Å². The smallest absolute Gasteiger partial charge is 0.553 e. The lowest BCUT2D eigenvalue weighted by Crippen LogP contribution is -2.27. The average molecular weight is 267 g/mol. The zero-order chi connectivity index (χ0) is 13.7. The number of carbonyl (C=O) groups excluding carboxylic acids is 1. The van der Waals surface area contributed by atoms with Crippen LogP contribution < -0.4 is 0 Å². The molecule has 0 spiro atoms. The third-order valence-electron chi connectivity index (χ3n) is 2.37. The van der Waals surface area contributed by atoms with Crippen LogP contribution in [0.5, 0.6) is 0 Å². The molecule has 0 aromatic heterocycles. The molecule has 0 N–H and O–H groups in total. The number of ether oxygens (including phenoxy) is 2. The fraction of sp³-hybridized carbons (Fsp3) is 0.364. The number of hydroxylamine groups is 1. The second-order valence-electron chi connectivity index (χ2n) is 3.68. The van der Waals surface area contributed by atoms with Gasteiger partial charge in [-0.1, -0.05) is 18.2 Å². The number of para-hydroxylation sites is 1. The fourth-order valence-corrected chi connectivity index (χ4v) is 1.52. The molecule has 1 aliphatic heterocycles. The highest BCUT2D eigenvalue weighted by molar-refractivity contribution is 5.59. The summed E-state index contributed by atoms with van der Waals surface area (Å²) in [5.74, 6) is 0. The summed E-state index contributed by atoms with van der Waals surface area (Å²) in [5, 5.41) is 16.0. The lowest BCUT2D eigenvalue weighted by atomic mass is 10.2. The van der Waals surface area contributed by atoms with Crippen molar-refractivity contribution in [1.82, 2.24) is 5.17 Å². The summed E-state index contributed by atoms with van der Waals surface area (Å²) in [5.41, 5.74) is 1.13. The van der Waals surface area contributed by atoms with Gasteiger partial charge in [0, 0.05) is 17.8 Å². The van der Waals surface area contributed by atoms with Crippen molar-refractivity contribution in [2.24, 2.45) is 5.22 Å². The Morgan fingerprint density at radius 2 is 2.26 bits per heavy atom. The van der Waals surface area contributed by atoms with Crippen LogP contribution in [0.15, 0.2) is 29.5 Å². The predicted molar refractivity (Wildman–Crippen MR) is 62.0 cm³/mol. The van der Waals surface area contributed by atoms with E-state index in [2.05, 4.69) is 5.22 Å². The quantitative estimate of drug-likeness (QED) is 0.357. The first-order valence-electron chi connectivity index (χ1n) is 5.58. The van der Waals surface area contributed by atoms with Crippen molar-refractivity contribution in [2.75, 3.05) is 20.3 Å². The van der Waals surface area contributed by atoms with Crippen LogP contribution in [0.25, 0.3) is 0 Å². The van der Waals surface area contributed by atoms with Crippen molar-refractivity contribution < 1.29 is 24.0 Å². The summed E-state index contributed by atoms with van der Waals surface area (Å²) in [6.45, 7) is 0.526. The van der Waals surface area contributed by atoms with Crippen LogP contribution in [0.4, 0.5) is 10.5 Å². The average Bonchev–Trinajstić information content (AvgIpc) is 2.39. The first kappa shape index (κ1) is 13.1. The molecule has 0 saturated carbocycles. The third kappa shape index (κ3) is 3.32. The highest BCUT2D eigenvalue weighted by Gasteiger charge is 2.26. The Balaban J connectivity index is 1.94. The molecule has 1 aromatic carbocycles. The summed E-state index contributed by atoms with van der Waals surface area (Å²) in [6, 6.07) is 6.91. The maximum atomic E-state index is 11.6. The summed E-state index contributed by atoms with van der Waals surface area (Å²) in [6.07, 6.45) is -0.936. The molecule has 0 radical (unpaired) electrons. The van der Waals surface area contributed by atoms with Gasteiger partial charge in [0.15, 0.2) is 12.2 Å². The molecule has 0 bridgehead atoms. The SMILES string of the molecule is COCCOC(=O)ON1Cc2ccccc2[N+]([O-])=N1. The van der Waals surface area contributed by atoms with Gasteiger partial charge >= 0.3 is 6.16 Å². The number of methoxy groups -OCH3 is 1. The van der Waals surface area contributed by atoms with Crippen LogP contribution in [-0.4, -0.2) is 36.5 Å². The van der Waals surface area contributed by atoms with Crippen LogP contribution in [0.2, 0.25) is 0 Å². The van der Waals surface area contributed by atoms with Gasteiger partial charge in [-0.3, -0.25) is 0 Å². The lowest BCUT2D eigenvalue weighted by molar-refractivity contribution is -0.488. The lowest BCUT2D eigenvalue weighted by Gasteiger charge is -2.18. The monoisotopic (exact) mass is 267 g/mol. The molecule has 8 nitrogen and oxygen atoms in total. The first-order valence-corrected chi connectivity index (χ1v) is 5.58. The van der Waals surface area contributed by atoms with E-state index in [0.29, 0.717) is 16.1 Å². The summed E-state index contributed by atoms with van der Waals surface area (Å²) >= 11 is 0. The topological polar surface area (TPSA) is 86.4 Å². The van der Waals surface area contributed by atoms with E-state index in [4.69, 9.17) is 14.3 Å². The number of carbonyl (C=O) groups is 1. The van der Waals surface area contributed by atoms with Gasteiger partial charge in [0.1, 0.15) is 11.8 Å². The minimum Gasteiger partial charge on any atom is -0.691 e. The molecule has 1 heterocycles. The van der Waals surface area contributed by atoms with Crippen molar-refractivity contribution >= 4 is 11.8 Å². The molecule has 0 atom stereocenters. The molecular weight excluding hydrogens is 254 g/mol. The van der Waals surface area contributed by atoms with Gasteiger partial charge < -0.3 is 14.7 Å². The highest BCUT2D eigenvalue weighted by atomic mass is 16.8. The molecule has 1 aliphatic rings. The summed E-state index contributed by atoms with van der Waals surface area (Å²) < 4.78 is 9.42. The molecule has 8 heteroatoms. The number of nitrogens with zero attached hydrogens (tertiary/aromatic N) is 3. The van der Waals surface area contributed by atoms with E-state index in [1.54, 1.807) is 24.3 Å². The molecule has 0 saturated heterocycles. The second kappa shape index (κ2) is 6.01. The number of hydrogen-bond acceptors (Lipinski definition) is 7. The van der Waals surface area contributed by atoms with Gasteiger partial charge in [-0.05, 0) is 6.07 Å². The maximum absolute atomic E-state index is 11.6. The van der Waals surface area contributed by atoms with Gasteiger partial charge in [-0.25, -0.2) is 0 Å². The number of hydrogen-bond donors (Lipinski definition) is 0. The van der Waals surface area contributed by atoms with Crippen LogP contribution in [-0.2, 0) is 20.9 Å². The van der Waals surface area contributed by atoms with E-state index in [-0.39, 0.29) is 19.8 Å². The molecular formula is C11H13N3O5. The largest absolute Gasteiger partial charge is 0.691 e. The van der Waals surface area contributed by atoms with Crippen molar-refractivity contribution in [3.8, 4) is 0 Å². The van der Waals surface area contributed by atoms with E-state index < -0.39 is 6.16 Å². The van der Waals surface area contributed by atoms with Gasteiger partial charge in [0.2, 0.25) is 0 Å². The third-order valence-corrected chi connectivity index (χ3v) is 2.37. The van der Waals surface area contributed by atoms with E-state index in [1.807, 2.05) is 0 Å². The summed E-state index contributed by atoms with van der Waals surface area (Å²) in [4.78, 5) is 16.4. The number of fused-ring (bicyclic) bond motifs is 1. The molecule has 0 fully saturated rings. The van der Waals surface area contributed by atoms with Crippen molar-refractivity contribution in [3.63, 3.8) is 0 Å². The first-order chi connectivity index (χ1) is 9.20. The van der Waals surface area contributed by atoms with Crippen molar-refractivity contribution in [1.29, 1.82) is 0 Å². The predicted octanol–water partition coefficient (Wildman–Crippen LogP) is 1.73. The van der Waals surface area contributed by atoms with Crippen LogP contribution in [0.3, 0.4) is 0 Å². The Hall–Kier alpha value is -2.35. The number of rotatable bonds is 4. The zero-order valence-electron chi connectivity index (χ0n) is 10.3. The Bertz CT molecular complexity index is 491. The second-order valence-corrected chi connectivity index (χ2v) is 3.68. The van der Waals surface area contributed by atoms with Crippen LogP contribution in [0.1, 0.15) is 5.56 Å². The zero-order valence-corrected chi connectivity index (χ0v) is 10.3. The normalized spacial score (nSPS) is 13.5. The van der Waals surface area contributed by atoms with Crippen LogP contribution >= 0.6 is 0 Å². The minimum atomic E-state index is -0.936. The van der Waals surface area contributed by atoms with E-state index in [1.165, 1.54) is 7.11 Å². The minimum absolute atomic E-state index is 0.0703. The summed E-state index contributed by atoms with van der Waals surface area (Å²) in [7, 11) is 1.49. The molecule has 102 valence electrons. The fourth-order valence-electron chi connectivity index (χ4n) is 1.52. The molecule has 0 amide bonds. The molecule has 0 aliphatic carbocycles. The van der Waals surface area contributed by atoms with Gasteiger partial charge in [0.05, 0.1) is 6.61 Å². The van der Waals surface area contributed by atoms with E-state index in [0.717, 1.165) is 5.17 Å². The Kier molecular flexibility index (Phi) is 4.14. The van der Waals surface area contributed by atoms with Gasteiger partial charge in [-0.15, -0.1) is 4.86 Å². The Morgan fingerprint density at radius 1 is 1.47 bits per heavy atom. The Labute approximate surface area is 109 Å². The van der Waals surface area contributed by atoms with E-state index in [9.17, 15) is 10.0 Å². The van der Waals surface area contributed by atoms with E-state index >= 15 is 0 Å². The van der Waals surface area contributed by atoms with Crippen molar-refractivity contribution in [3.05, 3.63) is 35.0 Å². The molecule has 2 rings (SSSR count). The highest BCUT2D eigenvalue weighted by Crippen LogP contribution is 2.24. The van der Waals surface area contributed by atoms with Gasteiger partial charge in [0.25, 0.3) is 0 Å². The standard InChI is InChI=1S/C11H13N3O5/c1-17-6-7-18-11(15)19-13-8-9-4-2-3-5-10(9)14(16)12-13/h2-5H,6-8H2,1H3. The Morgan fingerprint density at radius 3 is 3.05 bits per heavy atom. The molecule has 1 aromatic rings. The molecule has 0 unspecified atom stereocenters.